The van der Waals surface area contributed by atoms with Crippen molar-refractivity contribution in [1.29, 1.82) is 0 Å². The van der Waals surface area contributed by atoms with Crippen LogP contribution in [0.1, 0.15) is 29.5 Å². The van der Waals surface area contributed by atoms with Gasteiger partial charge in [0, 0.05) is 41.0 Å². The zero-order valence-corrected chi connectivity index (χ0v) is 13.7. The molecular weight excluding hydrogens is 302 g/mol. The fraction of sp³-hybridized carbons (Fsp3) is 0.222. The Labute approximate surface area is 140 Å². The van der Waals surface area contributed by atoms with Gasteiger partial charge in [-0.15, -0.1) is 0 Å². The van der Waals surface area contributed by atoms with E-state index in [1.54, 1.807) is 12.4 Å². The fourth-order valence-corrected chi connectivity index (χ4v) is 2.66. The summed E-state index contributed by atoms with van der Waals surface area (Å²) in [5, 5.41) is 4.48. The van der Waals surface area contributed by atoms with Crippen molar-refractivity contribution in [2.75, 3.05) is 12.3 Å². The van der Waals surface area contributed by atoms with Crippen molar-refractivity contribution in [2.24, 2.45) is 0 Å². The molecule has 0 spiro atoms. The standard InChI is InChI=1S/C18H19N5O/c1-3-7-21-18(24)17-16(19)13-6-4-5-12(15(13)9-22-17)14-8-20-10-23-11(14)2/h4-6,8-10H,3,7,19H2,1-2H3,(H,21,24). The van der Waals surface area contributed by atoms with E-state index in [-0.39, 0.29) is 11.6 Å². The molecule has 0 unspecified atom stereocenters. The van der Waals surface area contributed by atoms with Crippen LogP contribution >= 0.6 is 0 Å². The molecule has 6 nitrogen and oxygen atoms in total. The Morgan fingerprint density at radius 3 is 2.75 bits per heavy atom. The summed E-state index contributed by atoms with van der Waals surface area (Å²) in [5.41, 5.74) is 9.62. The maximum atomic E-state index is 12.2. The minimum atomic E-state index is -0.249. The van der Waals surface area contributed by atoms with Gasteiger partial charge in [-0.05, 0) is 18.9 Å². The number of pyridine rings is 1. The smallest absolute Gasteiger partial charge is 0.272 e. The number of nitrogens with zero attached hydrogens (tertiary/aromatic N) is 3. The van der Waals surface area contributed by atoms with Gasteiger partial charge in [-0.2, -0.15) is 0 Å². The molecular formula is C18H19N5O. The van der Waals surface area contributed by atoms with Crippen LogP contribution in [-0.2, 0) is 0 Å². The third-order valence-electron chi connectivity index (χ3n) is 3.93. The van der Waals surface area contributed by atoms with Gasteiger partial charge in [0.25, 0.3) is 5.91 Å². The van der Waals surface area contributed by atoms with E-state index < -0.39 is 0 Å². The van der Waals surface area contributed by atoms with Gasteiger partial charge in [-0.1, -0.05) is 25.1 Å². The summed E-state index contributed by atoms with van der Waals surface area (Å²) in [5.74, 6) is -0.249. The monoisotopic (exact) mass is 321 g/mol. The van der Waals surface area contributed by atoms with Gasteiger partial charge in [0.05, 0.1) is 5.69 Å². The average Bonchev–Trinajstić information content (AvgIpc) is 2.60. The molecule has 2 heterocycles. The SMILES string of the molecule is CCCNC(=O)c1ncc2c(-c3cncnc3C)cccc2c1N. The zero-order valence-electron chi connectivity index (χ0n) is 13.7. The highest BCUT2D eigenvalue weighted by Crippen LogP contribution is 2.32. The van der Waals surface area contributed by atoms with Crippen molar-refractivity contribution in [3.63, 3.8) is 0 Å². The number of aryl methyl sites for hydroxylation is 1. The van der Waals surface area contributed by atoms with E-state index in [9.17, 15) is 4.79 Å². The number of carbonyl (C=O) groups excluding carboxylic acids is 1. The number of hydrogen-bond acceptors (Lipinski definition) is 5. The van der Waals surface area contributed by atoms with Crippen LogP contribution < -0.4 is 11.1 Å². The van der Waals surface area contributed by atoms with E-state index in [0.717, 1.165) is 34.0 Å². The van der Waals surface area contributed by atoms with E-state index >= 15 is 0 Å². The van der Waals surface area contributed by atoms with E-state index in [0.29, 0.717) is 12.2 Å². The topological polar surface area (TPSA) is 93.8 Å². The molecule has 0 saturated heterocycles. The zero-order chi connectivity index (χ0) is 17.1. The summed E-state index contributed by atoms with van der Waals surface area (Å²) in [6.45, 7) is 4.52. The van der Waals surface area contributed by atoms with Gasteiger partial charge in [-0.3, -0.25) is 4.79 Å². The Morgan fingerprint density at radius 2 is 2.00 bits per heavy atom. The molecule has 0 aliphatic carbocycles. The Hall–Kier alpha value is -3.02. The molecule has 2 aromatic heterocycles. The van der Waals surface area contributed by atoms with Gasteiger partial charge in [-0.25, -0.2) is 15.0 Å². The van der Waals surface area contributed by atoms with E-state index in [1.165, 1.54) is 6.33 Å². The second kappa shape index (κ2) is 6.62. The number of anilines is 1. The summed E-state index contributed by atoms with van der Waals surface area (Å²) in [7, 11) is 0. The lowest BCUT2D eigenvalue weighted by molar-refractivity contribution is 0.0950. The molecule has 0 fully saturated rings. The number of aromatic nitrogens is 3. The quantitative estimate of drug-likeness (QED) is 0.770. The second-order valence-corrected chi connectivity index (χ2v) is 5.57. The van der Waals surface area contributed by atoms with Gasteiger partial charge >= 0.3 is 0 Å². The minimum Gasteiger partial charge on any atom is -0.396 e. The van der Waals surface area contributed by atoms with E-state index in [4.69, 9.17) is 5.73 Å². The largest absolute Gasteiger partial charge is 0.396 e. The highest BCUT2D eigenvalue weighted by molar-refractivity contribution is 6.09. The maximum Gasteiger partial charge on any atom is 0.272 e. The first kappa shape index (κ1) is 15.9. The van der Waals surface area contributed by atoms with Crippen LogP contribution in [0.2, 0.25) is 0 Å². The number of benzene rings is 1. The van der Waals surface area contributed by atoms with Crippen LogP contribution in [0.4, 0.5) is 5.69 Å². The molecule has 0 aliphatic heterocycles. The average molecular weight is 321 g/mol. The molecule has 0 radical (unpaired) electrons. The Balaban J connectivity index is 2.15. The summed E-state index contributed by atoms with van der Waals surface area (Å²) in [6.07, 6.45) is 5.84. The number of hydrogen-bond donors (Lipinski definition) is 2. The molecule has 3 N–H and O–H groups in total. The van der Waals surface area contributed by atoms with E-state index in [2.05, 4.69) is 20.3 Å². The number of rotatable bonds is 4. The molecule has 3 aromatic rings. The van der Waals surface area contributed by atoms with Crippen molar-refractivity contribution in [3.8, 4) is 11.1 Å². The van der Waals surface area contributed by atoms with Crippen LogP contribution in [0, 0.1) is 6.92 Å². The van der Waals surface area contributed by atoms with Crippen molar-refractivity contribution < 1.29 is 4.79 Å². The third-order valence-corrected chi connectivity index (χ3v) is 3.93. The van der Waals surface area contributed by atoms with Gasteiger partial charge in [0.15, 0.2) is 5.69 Å². The van der Waals surface area contributed by atoms with Crippen molar-refractivity contribution >= 4 is 22.4 Å². The van der Waals surface area contributed by atoms with Crippen LogP contribution in [0.3, 0.4) is 0 Å². The molecule has 0 atom stereocenters. The van der Waals surface area contributed by atoms with Crippen LogP contribution in [-0.4, -0.2) is 27.4 Å². The molecule has 1 amide bonds. The molecule has 3 rings (SSSR count). The number of nitrogen functional groups attached to an aromatic ring is 1. The summed E-state index contributed by atoms with van der Waals surface area (Å²) in [4.78, 5) is 24.8. The lowest BCUT2D eigenvalue weighted by Gasteiger charge is -2.12. The second-order valence-electron chi connectivity index (χ2n) is 5.57. The number of amides is 1. The normalized spacial score (nSPS) is 10.8. The Morgan fingerprint density at radius 1 is 1.17 bits per heavy atom. The summed E-state index contributed by atoms with van der Waals surface area (Å²) >= 11 is 0. The van der Waals surface area contributed by atoms with E-state index in [1.807, 2.05) is 32.0 Å². The maximum absolute atomic E-state index is 12.2. The first-order valence-electron chi connectivity index (χ1n) is 7.85. The molecule has 0 aliphatic rings. The number of fused-ring (bicyclic) bond motifs is 1. The number of nitrogens with two attached hydrogens (primary N) is 1. The predicted molar refractivity (Wildman–Crippen MR) is 94.5 cm³/mol. The van der Waals surface area contributed by atoms with Crippen LogP contribution in [0.15, 0.2) is 36.9 Å². The van der Waals surface area contributed by atoms with Crippen molar-refractivity contribution in [2.45, 2.75) is 20.3 Å². The lowest BCUT2D eigenvalue weighted by Crippen LogP contribution is -2.26. The molecule has 1 aromatic carbocycles. The molecule has 24 heavy (non-hydrogen) atoms. The van der Waals surface area contributed by atoms with Gasteiger partial charge in [0.2, 0.25) is 0 Å². The Kier molecular flexibility index (Phi) is 4.37. The lowest BCUT2D eigenvalue weighted by atomic mass is 9.98. The Bertz CT molecular complexity index is 907. The predicted octanol–water partition coefficient (Wildman–Crippen LogP) is 2.72. The highest BCUT2D eigenvalue weighted by atomic mass is 16.1. The van der Waals surface area contributed by atoms with Crippen LogP contribution in [0.5, 0.6) is 0 Å². The highest BCUT2D eigenvalue weighted by Gasteiger charge is 2.16. The summed E-state index contributed by atoms with van der Waals surface area (Å²) < 4.78 is 0. The number of nitrogens with one attached hydrogen (secondary N) is 1. The molecule has 0 bridgehead atoms. The van der Waals surface area contributed by atoms with Crippen LogP contribution in [0.25, 0.3) is 21.9 Å². The summed E-state index contributed by atoms with van der Waals surface area (Å²) in [6, 6.07) is 5.78. The third kappa shape index (κ3) is 2.78. The first-order valence-corrected chi connectivity index (χ1v) is 7.85. The molecule has 6 heteroatoms. The van der Waals surface area contributed by atoms with Gasteiger partial charge < -0.3 is 11.1 Å². The molecule has 122 valence electrons. The van der Waals surface area contributed by atoms with Crippen molar-refractivity contribution in [3.05, 3.63) is 48.3 Å². The first-order chi connectivity index (χ1) is 11.6. The minimum absolute atomic E-state index is 0.249. The fourth-order valence-electron chi connectivity index (χ4n) is 2.66. The molecule has 0 saturated carbocycles. The number of carbonyl (C=O) groups is 1. The van der Waals surface area contributed by atoms with Gasteiger partial charge in [0.1, 0.15) is 6.33 Å². The van der Waals surface area contributed by atoms with Crippen molar-refractivity contribution in [1.82, 2.24) is 20.3 Å².